The van der Waals surface area contributed by atoms with Crippen molar-refractivity contribution in [1.29, 1.82) is 0 Å². The van der Waals surface area contributed by atoms with Crippen LogP contribution in [-0.2, 0) is 17.7 Å². The number of alkyl carbamates (subject to hydrolysis) is 1. The first kappa shape index (κ1) is 16.2. The molecule has 0 bridgehead atoms. The van der Waals surface area contributed by atoms with E-state index in [4.69, 9.17) is 4.98 Å². The SMILES string of the molecule is CCc1nc(-c2ccccc2)sc1-c1cc(CNC(=O)OC)[nH]n1. The Morgan fingerprint density at radius 2 is 2.12 bits per heavy atom. The number of thiazole rings is 1. The molecule has 0 unspecified atom stereocenters. The van der Waals surface area contributed by atoms with Crippen molar-refractivity contribution in [3.05, 3.63) is 47.8 Å². The predicted molar refractivity (Wildman–Crippen MR) is 93.8 cm³/mol. The van der Waals surface area contributed by atoms with Crippen molar-refractivity contribution in [1.82, 2.24) is 20.5 Å². The van der Waals surface area contributed by atoms with Gasteiger partial charge in [-0.2, -0.15) is 5.10 Å². The second-order valence-corrected chi connectivity index (χ2v) is 6.14. The van der Waals surface area contributed by atoms with Crippen LogP contribution in [0.4, 0.5) is 4.79 Å². The van der Waals surface area contributed by atoms with Gasteiger partial charge in [0.1, 0.15) is 10.7 Å². The van der Waals surface area contributed by atoms with E-state index >= 15 is 0 Å². The molecule has 7 heteroatoms. The Balaban J connectivity index is 1.85. The fraction of sp³-hybridized carbons (Fsp3) is 0.235. The summed E-state index contributed by atoms with van der Waals surface area (Å²) in [5.74, 6) is 0. The van der Waals surface area contributed by atoms with E-state index in [1.807, 2.05) is 24.3 Å². The normalized spacial score (nSPS) is 10.6. The highest BCUT2D eigenvalue weighted by molar-refractivity contribution is 7.18. The third-order valence-electron chi connectivity index (χ3n) is 3.53. The van der Waals surface area contributed by atoms with Gasteiger partial charge >= 0.3 is 6.09 Å². The lowest BCUT2D eigenvalue weighted by Crippen LogP contribution is -2.22. The summed E-state index contributed by atoms with van der Waals surface area (Å²) in [5, 5.41) is 10.9. The number of nitrogens with zero attached hydrogens (tertiary/aromatic N) is 2. The molecule has 0 saturated heterocycles. The van der Waals surface area contributed by atoms with Crippen molar-refractivity contribution in [2.45, 2.75) is 19.9 Å². The lowest BCUT2D eigenvalue weighted by molar-refractivity contribution is 0.170. The largest absolute Gasteiger partial charge is 0.453 e. The molecular weight excluding hydrogens is 324 g/mol. The number of carbonyl (C=O) groups is 1. The molecule has 0 saturated carbocycles. The highest BCUT2D eigenvalue weighted by atomic mass is 32.1. The molecule has 3 aromatic rings. The first-order valence-corrected chi connectivity index (χ1v) is 8.44. The number of aromatic amines is 1. The Bertz CT molecular complexity index is 826. The minimum Gasteiger partial charge on any atom is -0.453 e. The summed E-state index contributed by atoms with van der Waals surface area (Å²) in [5.41, 5.74) is 3.78. The van der Waals surface area contributed by atoms with Gasteiger partial charge in [-0.05, 0) is 12.5 Å². The third kappa shape index (κ3) is 3.46. The van der Waals surface area contributed by atoms with Crippen molar-refractivity contribution in [2.24, 2.45) is 0 Å². The van der Waals surface area contributed by atoms with Crippen LogP contribution in [0.15, 0.2) is 36.4 Å². The summed E-state index contributed by atoms with van der Waals surface area (Å²) in [6.45, 7) is 2.42. The first-order chi connectivity index (χ1) is 11.7. The molecule has 6 nitrogen and oxygen atoms in total. The molecule has 124 valence electrons. The van der Waals surface area contributed by atoms with Crippen LogP contribution >= 0.6 is 11.3 Å². The molecule has 3 rings (SSSR count). The van der Waals surface area contributed by atoms with Crippen LogP contribution in [0.1, 0.15) is 18.3 Å². The Hall–Kier alpha value is -2.67. The maximum absolute atomic E-state index is 11.1. The lowest BCUT2D eigenvalue weighted by Gasteiger charge is -1.99. The number of rotatable bonds is 5. The Kier molecular flexibility index (Phi) is 4.90. The number of H-pyrrole nitrogens is 1. The summed E-state index contributed by atoms with van der Waals surface area (Å²) in [7, 11) is 1.34. The molecule has 1 amide bonds. The van der Waals surface area contributed by atoms with Crippen LogP contribution in [0.2, 0.25) is 0 Å². The number of carbonyl (C=O) groups excluding carboxylic acids is 1. The van der Waals surface area contributed by atoms with Gasteiger partial charge < -0.3 is 10.1 Å². The van der Waals surface area contributed by atoms with E-state index in [1.54, 1.807) is 11.3 Å². The fourth-order valence-corrected chi connectivity index (χ4v) is 3.42. The molecule has 0 aliphatic heterocycles. The molecule has 2 N–H and O–H groups in total. The highest BCUT2D eigenvalue weighted by Gasteiger charge is 2.15. The number of methoxy groups -OCH3 is 1. The molecule has 0 spiro atoms. The second kappa shape index (κ2) is 7.27. The van der Waals surface area contributed by atoms with Crippen LogP contribution < -0.4 is 5.32 Å². The molecule has 0 aliphatic carbocycles. The minimum atomic E-state index is -0.468. The zero-order chi connectivity index (χ0) is 16.9. The maximum atomic E-state index is 11.1. The summed E-state index contributed by atoms with van der Waals surface area (Å²) in [6.07, 6.45) is 0.367. The third-order valence-corrected chi connectivity index (χ3v) is 4.69. The molecular formula is C17H18N4O2S. The van der Waals surface area contributed by atoms with E-state index in [9.17, 15) is 4.79 Å². The number of nitrogens with one attached hydrogen (secondary N) is 2. The standard InChI is InChI=1S/C17H18N4O2S/c1-3-13-15(24-16(19-13)11-7-5-4-6-8-11)14-9-12(20-21-14)10-18-17(22)23-2/h4-9H,3,10H2,1-2H3,(H,18,22)(H,20,21). The predicted octanol–water partition coefficient (Wildman–Crippen LogP) is 3.62. The van der Waals surface area contributed by atoms with E-state index in [0.29, 0.717) is 6.54 Å². The van der Waals surface area contributed by atoms with Crippen LogP contribution in [0.25, 0.3) is 21.1 Å². The van der Waals surface area contributed by atoms with Gasteiger partial charge in [0.2, 0.25) is 0 Å². The lowest BCUT2D eigenvalue weighted by atomic mass is 10.2. The summed E-state index contributed by atoms with van der Waals surface area (Å²) >= 11 is 1.63. The van der Waals surface area contributed by atoms with Gasteiger partial charge in [-0.15, -0.1) is 11.3 Å². The quantitative estimate of drug-likeness (QED) is 0.742. The number of hydrogen-bond donors (Lipinski definition) is 2. The number of aryl methyl sites for hydroxylation is 1. The number of hydrogen-bond acceptors (Lipinski definition) is 5. The van der Waals surface area contributed by atoms with Crippen LogP contribution in [0, 0.1) is 0 Å². The van der Waals surface area contributed by atoms with Crippen LogP contribution in [-0.4, -0.2) is 28.4 Å². The van der Waals surface area contributed by atoms with Crippen LogP contribution in [0.5, 0.6) is 0 Å². The first-order valence-electron chi connectivity index (χ1n) is 7.62. The molecule has 2 aromatic heterocycles. The highest BCUT2D eigenvalue weighted by Crippen LogP contribution is 2.35. The Labute approximate surface area is 143 Å². The smallest absolute Gasteiger partial charge is 0.407 e. The Morgan fingerprint density at radius 1 is 1.33 bits per heavy atom. The van der Waals surface area contributed by atoms with E-state index in [1.165, 1.54) is 7.11 Å². The van der Waals surface area contributed by atoms with Gasteiger partial charge in [-0.1, -0.05) is 37.3 Å². The van der Waals surface area contributed by atoms with Gasteiger partial charge in [0.25, 0.3) is 0 Å². The average molecular weight is 342 g/mol. The molecule has 0 fully saturated rings. The number of ether oxygens (including phenoxy) is 1. The van der Waals surface area contributed by atoms with Crippen molar-refractivity contribution in [3.8, 4) is 21.1 Å². The van der Waals surface area contributed by atoms with Crippen LogP contribution in [0.3, 0.4) is 0 Å². The topological polar surface area (TPSA) is 79.9 Å². The van der Waals surface area contributed by atoms with Crippen molar-refractivity contribution in [2.75, 3.05) is 7.11 Å². The average Bonchev–Trinajstić information content (AvgIpc) is 3.26. The summed E-state index contributed by atoms with van der Waals surface area (Å²) in [6, 6.07) is 12.0. The molecule has 2 heterocycles. The molecule has 24 heavy (non-hydrogen) atoms. The second-order valence-electron chi connectivity index (χ2n) is 5.14. The minimum absolute atomic E-state index is 0.339. The zero-order valence-corrected chi connectivity index (χ0v) is 14.3. The fourth-order valence-electron chi connectivity index (χ4n) is 2.30. The van der Waals surface area contributed by atoms with Crippen molar-refractivity contribution < 1.29 is 9.53 Å². The molecule has 1 aromatic carbocycles. The summed E-state index contributed by atoms with van der Waals surface area (Å²) < 4.78 is 4.56. The van der Waals surface area contributed by atoms with Gasteiger partial charge in [-0.25, -0.2) is 9.78 Å². The monoisotopic (exact) mass is 342 g/mol. The van der Waals surface area contributed by atoms with E-state index in [0.717, 1.165) is 39.0 Å². The van der Waals surface area contributed by atoms with Gasteiger partial charge in [0, 0.05) is 5.56 Å². The van der Waals surface area contributed by atoms with Gasteiger partial charge in [0.05, 0.1) is 29.9 Å². The maximum Gasteiger partial charge on any atom is 0.407 e. The molecule has 0 atom stereocenters. The Morgan fingerprint density at radius 3 is 2.83 bits per heavy atom. The molecule has 0 radical (unpaired) electrons. The van der Waals surface area contributed by atoms with Crippen molar-refractivity contribution in [3.63, 3.8) is 0 Å². The van der Waals surface area contributed by atoms with E-state index < -0.39 is 6.09 Å². The van der Waals surface area contributed by atoms with Gasteiger partial charge in [0.15, 0.2) is 0 Å². The number of amides is 1. The van der Waals surface area contributed by atoms with E-state index in [-0.39, 0.29) is 0 Å². The molecule has 0 aliphatic rings. The summed E-state index contributed by atoms with van der Waals surface area (Å²) in [4.78, 5) is 16.9. The van der Waals surface area contributed by atoms with Gasteiger partial charge in [-0.3, -0.25) is 5.10 Å². The number of aromatic nitrogens is 3. The van der Waals surface area contributed by atoms with Crippen molar-refractivity contribution >= 4 is 17.4 Å². The van der Waals surface area contributed by atoms with E-state index in [2.05, 4.69) is 39.3 Å². The zero-order valence-electron chi connectivity index (χ0n) is 13.5. The number of benzene rings is 1.